The van der Waals surface area contributed by atoms with Crippen molar-refractivity contribution in [2.24, 2.45) is 0 Å². The molecule has 0 aliphatic carbocycles. The zero-order chi connectivity index (χ0) is 14.9. The molecule has 0 saturated carbocycles. The molecule has 3 nitrogen and oxygen atoms in total. The zero-order valence-corrected chi connectivity index (χ0v) is 12.0. The van der Waals surface area contributed by atoms with Gasteiger partial charge in [-0.15, -0.1) is 0 Å². The lowest BCUT2D eigenvalue weighted by molar-refractivity contribution is 0.623. The lowest BCUT2D eigenvalue weighted by atomic mass is 10.1. The van der Waals surface area contributed by atoms with Gasteiger partial charge in [0, 0.05) is 12.2 Å². The van der Waals surface area contributed by atoms with Crippen molar-refractivity contribution >= 4 is 5.82 Å². The summed E-state index contributed by atoms with van der Waals surface area (Å²) in [7, 11) is 0. The first-order valence-corrected chi connectivity index (χ1v) is 6.56. The third-order valence-electron chi connectivity index (χ3n) is 3.89. The Morgan fingerprint density at radius 3 is 2.55 bits per heavy atom. The number of halogens is 1. The number of nitrogen functional groups attached to an aromatic ring is 1. The van der Waals surface area contributed by atoms with Gasteiger partial charge in [0.2, 0.25) is 0 Å². The number of hydrogen-bond donors (Lipinski definition) is 1. The van der Waals surface area contributed by atoms with E-state index < -0.39 is 0 Å². The molecule has 20 heavy (non-hydrogen) atoms. The molecule has 0 unspecified atom stereocenters. The van der Waals surface area contributed by atoms with Gasteiger partial charge in [0.05, 0.1) is 5.56 Å². The number of nitrogens with two attached hydrogens (primary N) is 1. The number of anilines is 1. The van der Waals surface area contributed by atoms with Crippen LogP contribution in [0.15, 0.2) is 18.2 Å². The van der Waals surface area contributed by atoms with Crippen LogP contribution in [0, 0.1) is 37.9 Å². The minimum atomic E-state index is -0.217. The molecule has 2 aromatic rings. The summed E-state index contributed by atoms with van der Waals surface area (Å²) in [6, 6.07) is 6.96. The molecule has 0 aliphatic heterocycles. The minimum absolute atomic E-state index is 0.217. The number of hydrogen-bond acceptors (Lipinski definition) is 2. The summed E-state index contributed by atoms with van der Waals surface area (Å²) in [6.45, 7) is 6.46. The number of nitriles is 1. The number of benzene rings is 1. The van der Waals surface area contributed by atoms with Crippen LogP contribution in [-0.4, -0.2) is 4.57 Å². The van der Waals surface area contributed by atoms with E-state index in [-0.39, 0.29) is 5.82 Å². The van der Waals surface area contributed by atoms with Crippen LogP contribution in [-0.2, 0) is 13.0 Å². The minimum Gasteiger partial charge on any atom is -0.384 e. The summed E-state index contributed by atoms with van der Waals surface area (Å²) in [5.41, 5.74) is 10.5. The molecule has 0 fully saturated rings. The van der Waals surface area contributed by atoms with Crippen molar-refractivity contribution in [2.45, 2.75) is 33.7 Å². The number of rotatable bonds is 3. The van der Waals surface area contributed by atoms with Gasteiger partial charge in [-0.25, -0.2) is 4.39 Å². The van der Waals surface area contributed by atoms with Gasteiger partial charge in [0.15, 0.2) is 0 Å². The van der Waals surface area contributed by atoms with Gasteiger partial charge < -0.3 is 10.3 Å². The molecule has 0 aliphatic rings. The first kappa shape index (κ1) is 14.1. The zero-order valence-electron chi connectivity index (χ0n) is 12.0. The standard InChI is InChI=1S/C16H18FN3/c1-10-8-14(17)5-4-13(10)6-7-20-12(3)11(2)15(9-18)16(20)19/h4-5,8H,6-7,19H2,1-3H3. The van der Waals surface area contributed by atoms with Crippen LogP contribution in [0.5, 0.6) is 0 Å². The Labute approximate surface area is 118 Å². The normalized spacial score (nSPS) is 10.6. The number of aromatic nitrogens is 1. The molecule has 0 radical (unpaired) electrons. The predicted octanol–water partition coefficient (Wildman–Crippen LogP) is 3.25. The molecule has 0 saturated heterocycles. The first-order chi connectivity index (χ1) is 9.45. The molecule has 4 heteroatoms. The largest absolute Gasteiger partial charge is 0.384 e. The Morgan fingerprint density at radius 2 is 2.00 bits per heavy atom. The van der Waals surface area contributed by atoms with Crippen LogP contribution >= 0.6 is 0 Å². The van der Waals surface area contributed by atoms with Crippen LogP contribution < -0.4 is 5.73 Å². The van der Waals surface area contributed by atoms with Gasteiger partial charge >= 0.3 is 0 Å². The second-order valence-corrected chi connectivity index (χ2v) is 5.05. The maximum Gasteiger partial charge on any atom is 0.123 e. The van der Waals surface area contributed by atoms with Gasteiger partial charge in [-0.3, -0.25) is 0 Å². The van der Waals surface area contributed by atoms with Crippen LogP contribution in [0.1, 0.15) is 27.9 Å². The average molecular weight is 271 g/mol. The molecule has 0 amide bonds. The molecular formula is C16H18FN3. The molecule has 104 valence electrons. The second kappa shape index (κ2) is 5.38. The Balaban J connectivity index is 2.26. The van der Waals surface area contributed by atoms with E-state index in [4.69, 9.17) is 11.0 Å². The van der Waals surface area contributed by atoms with E-state index in [1.807, 2.05) is 25.3 Å². The van der Waals surface area contributed by atoms with Gasteiger partial charge in [-0.1, -0.05) is 6.07 Å². The molecule has 2 N–H and O–H groups in total. The van der Waals surface area contributed by atoms with Gasteiger partial charge in [0.25, 0.3) is 0 Å². The molecule has 0 spiro atoms. The SMILES string of the molecule is Cc1cc(F)ccc1CCn1c(C)c(C)c(C#N)c1N. The third-order valence-corrected chi connectivity index (χ3v) is 3.89. The van der Waals surface area contributed by atoms with E-state index >= 15 is 0 Å². The lowest BCUT2D eigenvalue weighted by Crippen LogP contribution is -2.08. The smallest absolute Gasteiger partial charge is 0.123 e. The van der Waals surface area contributed by atoms with Crippen molar-refractivity contribution in [2.75, 3.05) is 5.73 Å². The summed E-state index contributed by atoms with van der Waals surface area (Å²) in [6.07, 6.45) is 0.760. The number of aryl methyl sites for hydroxylation is 2. The summed E-state index contributed by atoms with van der Waals surface area (Å²) in [4.78, 5) is 0. The molecule has 1 aromatic carbocycles. The molecule has 2 rings (SSSR count). The molecular weight excluding hydrogens is 253 g/mol. The highest BCUT2D eigenvalue weighted by Crippen LogP contribution is 2.24. The van der Waals surface area contributed by atoms with Crippen molar-refractivity contribution < 1.29 is 4.39 Å². The Kier molecular flexibility index (Phi) is 3.80. The van der Waals surface area contributed by atoms with Crippen LogP contribution in [0.3, 0.4) is 0 Å². The van der Waals surface area contributed by atoms with Crippen LogP contribution in [0.2, 0.25) is 0 Å². The lowest BCUT2D eigenvalue weighted by Gasteiger charge is -2.11. The van der Waals surface area contributed by atoms with Gasteiger partial charge in [-0.2, -0.15) is 5.26 Å². The average Bonchev–Trinajstić information content (AvgIpc) is 2.60. The van der Waals surface area contributed by atoms with E-state index in [0.29, 0.717) is 17.9 Å². The topological polar surface area (TPSA) is 54.7 Å². The maximum atomic E-state index is 13.1. The highest BCUT2D eigenvalue weighted by molar-refractivity contribution is 5.57. The quantitative estimate of drug-likeness (QED) is 0.931. The number of nitrogens with zero attached hydrogens (tertiary/aromatic N) is 2. The van der Waals surface area contributed by atoms with Crippen molar-refractivity contribution in [3.63, 3.8) is 0 Å². The predicted molar refractivity (Wildman–Crippen MR) is 77.9 cm³/mol. The van der Waals surface area contributed by atoms with E-state index in [1.165, 1.54) is 12.1 Å². The van der Waals surface area contributed by atoms with E-state index in [2.05, 4.69) is 6.07 Å². The fraction of sp³-hybridized carbons (Fsp3) is 0.312. The molecule has 1 aromatic heterocycles. The van der Waals surface area contributed by atoms with E-state index in [0.717, 1.165) is 28.8 Å². The first-order valence-electron chi connectivity index (χ1n) is 6.56. The van der Waals surface area contributed by atoms with Crippen LogP contribution in [0.25, 0.3) is 0 Å². The van der Waals surface area contributed by atoms with Gasteiger partial charge in [0.1, 0.15) is 17.7 Å². The maximum absolute atomic E-state index is 13.1. The monoisotopic (exact) mass is 271 g/mol. The van der Waals surface area contributed by atoms with Gasteiger partial charge in [-0.05, 0) is 56.0 Å². The van der Waals surface area contributed by atoms with Crippen LogP contribution in [0.4, 0.5) is 10.2 Å². The fourth-order valence-electron chi connectivity index (χ4n) is 2.49. The fourth-order valence-corrected chi connectivity index (χ4v) is 2.49. The Hall–Kier alpha value is -2.28. The summed E-state index contributed by atoms with van der Waals surface area (Å²) >= 11 is 0. The molecule has 0 bridgehead atoms. The van der Waals surface area contributed by atoms with E-state index in [1.54, 1.807) is 6.07 Å². The highest BCUT2D eigenvalue weighted by Gasteiger charge is 2.14. The van der Waals surface area contributed by atoms with Crippen molar-refractivity contribution in [1.29, 1.82) is 5.26 Å². The summed E-state index contributed by atoms with van der Waals surface area (Å²) < 4.78 is 15.0. The van der Waals surface area contributed by atoms with Crippen molar-refractivity contribution in [3.05, 3.63) is 52.0 Å². The second-order valence-electron chi connectivity index (χ2n) is 5.05. The van der Waals surface area contributed by atoms with Crippen molar-refractivity contribution in [1.82, 2.24) is 4.57 Å². The highest BCUT2D eigenvalue weighted by atomic mass is 19.1. The Morgan fingerprint density at radius 1 is 1.30 bits per heavy atom. The van der Waals surface area contributed by atoms with Crippen molar-refractivity contribution in [3.8, 4) is 6.07 Å². The third kappa shape index (κ3) is 2.39. The Bertz CT molecular complexity index is 693. The van der Waals surface area contributed by atoms with E-state index in [9.17, 15) is 4.39 Å². The molecule has 0 atom stereocenters. The molecule has 1 heterocycles. The summed E-state index contributed by atoms with van der Waals surface area (Å²) in [5.74, 6) is 0.299. The summed E-state index contributed by atoms with van der Waals surface area (Å²) in [5, 5.41) is 9.11.